The molecule has 0 spiro atoms. The van der Waals surface area contributed by atoms with Crippen molar-refractivity contribution in [1.82, 2.24) is 15.1 Å². The van der Waals surface area contributed by atoms with E-state index in [1.165, 1.54) is 6.26 Å². The highest BCUT2D eigenvalue weighted by Gasteiger charge is 2.25. The monoisotopic (exact) mass is 498 g/mol. The van der Waals surface area contributed by atoms with Crippen LogP contribution in [-0.2, 0) is 6.54 Å². The number of nitrogens with one attached hydrogen (secondary N) is 1. The minimum Gasteiger partial charge on any atom is -0.497 e. The summed E-state index contributed by atoms with van der Waals surface area (Å²) in [5.74, 6) is 2.05. The zero-order valence-corrected chi connectivity index (χ0v) is 18.6. The second kappa shape index (κ2) is 10.9. The Hall–Kier alpha value is -2.23. The fraction of sp³-hybridized carbons (Fsp3) is 0.400. The van der Waals surface area contributed by atoms with E-state index in [4.69, 9.17) is 14.1 Å². The molecule has 3 rings (SSSR count). The quantitative estimate of drug-likeness (QED) is 0.390. The first-order chi connectivity index (χ1) is 13.2. The maximum atomic E-state index is 12.4. The van der Waals surface area contributed by atoms with E-state index in [1.54, 1.807) is 19.2 Å². The molecule has 1 aliphatic heterocycles. The number of hydrogen-bond donors (Lipinski definition) is 1. The van der Waals surface area contributed by atoms with Crippen molar-refractivity contribution in [2.45, 2.75) is 13.5 Å². The SMILES string of the molecule is CCNC(=NCc1ccc(OC)cc1)N1CCN(C(=O)c2ccco2)CC1.I. The molecule has 0 atom stereocenters. The molecule has 28 heavy (non-hydrogen) atoms. The Morgan fingerprint density at radius 3 is 2.39 bits per heavy atom. The average molecular weight is 498 g/mol. The second-order valence-corrected chi connectivity index (χ2v) is 6.27. The van der Waals surface area contributed by atoms with E-state index in [-0.39, 0.29) is 29.9 Å². The maximum absolute atomic E-state index is 12.4. The molecular weight excluding hydrogens is 471 g/mol. The molecule has 7 nitrogen and oxygen atoms in total. The molecule has 0 radical (unpaired) electrons. The Morgan fingerprint density at radius 2 is 1.82 bits per heavy atom. The summed E-state index contributed by atoms with van der Waals surface area (Å²) in [5.41, 5.74) is 1.12. The van der Waals surface area contributed by atoms with Gasteiger partial charge in [-0.15, -0.1) is 24.0 Å². The smallest absolute Gasteiger partial charge is 0.289 e. The molecule has 1 fully saturated rings. The Morgan fingerprint density at radius 1 is 1.14 bits per heavy atom. The van der Waals surface area contributed by atoms with Crippen LogP contribution in [-0.4, -0.2) is 61.5 Å². The zero-order chi connectivity index (χ0) is 19.1. The van der Waals surface area contributed by atoms with Crippen LogP contribution in [0.2, 0.25) is 0 Å². The molecule has 152 valence electrons. The van der Waals surface area contributed by atoms with E-state index in [2.05, 4.69) is 17.1 Å². The highest BCUT2D eigenvalue weighted by atomic mass is 127. The number of carbonyl (C=O) groups is 1. The van der Waals surface area contributed by atoms with Crippen molar-refractivity contribution in [3.05, 3.63) is 54.0 Å². The van der Waals surface area contributed by atoms with Crippen molar-refractivity contribution in [1.29, 1.82) is 0 Å². The third-order valence-electron chi connectivity index (χ3n) is 4.50. The molecule has 2 aromatic rings. The molecule has 0 aliphatic carbocycles. The summed E-state index contributed by atoms with van der Waals surface area (Å²) >= 11 is 0. The van der Waals surface area contributed by atoms with Gasteiger partial charge >= 0.3 is 0 Å². The standard InChI is InChI=1S/C20H26N4O3.HI/c1-3-21-20(22-15-16-6-8-17(26-2)9-7-16)24-12-10-23(11-13-24)19(25)18-5-4-14-27-18;/h4-9,14H,3,10-13,15H2,1-2H3,(H,21,22);1H. The summed E-state index contributed by atoms with van der Waals surface area (Å²) in [6, 6.07) is 11.4. The van der Waals surface area contributed by atoms with Gasteiger partial charge in [0.1, 0.15) is 5.75 Å². The molecule has 1 saturated heterocycles. The number of halogens is 1. The molecule has 1 aliphatic rings. The molecular formula is C20H27IN4O3. The highest BCUT2D eigenvalue weighted by Crippen LogP contribution is 2.13. The normalized spacial score (nSPS) is 14.4. The largest absolute Gasteiger partial charge is 0.497 e. The minimum atomic E-state index is -0.0557. The molecule has 1 amide bonds. The number of piperazine rings is 1. The van der Waals surface area contributed by atoms with Crippen molar-refractivity contribution < 1.29 is 13.9 Å². The van der Waals surface area contributed by atoms with E-state index in [0.29, 0.717) is 25.4 Å². The number of nitrogens with zero attached hydrogens (tertiary/aromatic N) is 3. The summed E-state index contributed by atoms with van der Waals surface area (Å²) in [6.45, 7) is 6.21. The summed E-state index contributed by atoms with van der Waals surface area (Å²) < 4.78 is 10.4. The van der Waals surface area contributed by atoms with Gasteiger partial charge in [0, 0.05) is 32.7 Å². The first-order valence-corrected chi connectivity index (χ1v) is 9.20. The van der Waals surface area contributed by atoms with Crippen LogP contribution in [0.25, 0.3) is 0 Å². The summed E-state index contributed by atoms with van der Waals surface area (Å²) in [4.78, 5) is 21.2. The first kappa shape index (κ1) is 22.1. The number of carbonyl (C=O) groups excluding carboxylic acids is 1. The number of hydrogen-bond acceptors (Lipinski definition) is 4. The lowest BCUT2D eigenvalue weighted by atomic mass is 10.2. The number of ether oxygens (including phenoxy) is 1. The van der Waals surface area contributed by atoms with E-state index in [0.717, 1.165) is 36.9 Å². The number of rotatable bonds is 5. The van der Waals surface area contributed by atoms with Gasteiger partial charge in [-0.3, -0.25) is 4.79 Å². The fourth-order valence-corrected chi connectivity index (χ4v) is 3.00. The van der Waals surface area contributed by atoms with Crippen molar-refractivity contribution in [3.63, 3.8) is 0 Å². The first-order valence-electron chi connectivity index (χ1n) is 9.20. The van der Waals surface area contributed by atoms with Gasteiger partial charge in [0.05, 0.1) is 19.9 Å². The van der Waals surface area contributed by atoms with Gasteiger partial charge in [-0.2, -0.15) is 0 Å². The third-order valence-corrected chi connectivity index (χ3v) is 4.50. The van der Waals surface area contributed by atoms with Gasteiger partial charge in [0.15, 0.2) is 11.7 Å². The van der Waals surface area contributed by atoms with Gasteiger partial charge in [0.25, 0.3) is 5.91 Å². The van der Waals surface area contributed by atoms with Crippen molar-refractivity contribution in [3.8, 4) is 5.75 Å². The van der Waals surface area contributed by atoms with Crippen LogP contribution in [0.4, 0.5) is 0 Å². The van der Waals surface area contributed by atoms with Crippen LogP contribution in [0, 0.1) is 0 Å². The molecule has 0 saturated carbocycles. The maximum Gasteiger partial charge on any atom is 0.289 e. The van der Waals surface area contributed by atoms with Gasteiger partial charge < -0.3 is 24.3 Å². The summed E-state index contributed by atoms with van der Waals surface area (Å²) in [5, 5.41) is 3.35. The van der Waals surface area contributed by atoms with Crippen LogP contribution in [0.5, 0.6) is 5.75 Å². The lowest BCUT2D eigenvalue weighted by Gasteiger charge is -2.36. The van der Waals surface area contributed by atoms with Gasteiger partial charge in [-0.05, 0) is 36.8 Å². The van der Waals surface area contributed by atoms with Crippen LogP contribution >= 0.6 is 24.0 Å². The van der Waals surface area contributed by atoms with Crippen LogP contribution in [0.15, 0.2) is 52.1 Å². The zero-order valence-electron chi connectivity index (χ0n) is 16.3. The lowest BCUT2D eigenvalue weighted by molar-refractivity contribution is 0.0657. The fourth-order valence-electron chi connectivity index (χ4n) is 3.00. The van der Waals surface area contributed by atoms with E-state index in [1.807, 2.05) is 29.2 Å². The molecule has 0 unspecified atom stereocenters. The van der Waals surface area contributed by atoms with Crippen LogP contribution in [0.1, 0.15) is 23.0 Å². The number of guanidine groups is 1. The number of aliphatic imine (C=N–C) groups is 1. The topological polar surface area (TPSA) is 70.3 Å². The van der Waals surface area contributed by atoms with Gasteiger partial charge in [-0.25, -0.2) is 4.99 Å². The molecule has 0 bridgehead atoms. The number of amides is 1. The van der Waals surface area contributed by atoms with E-state index in [9.17, 15) is 4.79 Å². The number of benzene rings is 1. The molecule has 2 heterocycles. The summed E-state index contributed by atoms with van der Waals surface area (Å²) in [7, 11) is 1.66. The Labute approximate surface area is 182 Å². The Bertz CT molecular complexity index is 754. The van der Waals surface area contributed by atoms with E-state index < -0.39 is 0 Å². The van der Waals surface area contributed by atoms with E-state index >= 15 is 0 Å². The molecule has 1 N–H and O–H groups in total. The number of methoxy groups -OCH3 is 1. The van der Waals surface area contributed by atoms with Gasteiger partial charge in [-0.1, -0.05) is 12.1 Å². The molecule has 1 aromatic carbocycles. The predicted octanol–water partition coefficient (Wildman–Crippen LogP) is 2.83. The Kier molecular flexibility index (Phi) is 8.62. The average Bonchev–Trinajstić information content (AvgIpc) is 3.26. The lowest BCUT2D eigenvalue weighted by Crippen LogP contribution is -2.53. The molecule has 8 heteroatoms. The van der Waals surface area contributed by atoms with Gasteiger partial charge in [0.2, 0.25) is 0 Å². The van der Waals surface area contributed by atoms with Crippen molar-refractivity contribution in [2.75, 3.05) is 39.8 Å². The van der Waals surface area contributed by atoms with Crippen LogP contribution in [0.3, 0.4) is 0 Å². The number of furan rings is 1. The van der Waals surface area contributed by atoms with Crippen molar-refractivity contribution >= 4 is 35.8 Å². The van der Waals surface area contributed by atoms with Crippen LogP contribution < -0.4 is 10.1 Å². The minimum absolute atomic E-state index is 0. The second-order valence-electron chi connectivity index (χ2n) is 6.27. The Balaban J connectivity index is 0.00000280. The molecule has 1 aromatic heterocycles. The van der Waals surface area contributed by atoms with Crippen molar-refractivity contribution in [2.24, 2.45) is 4.99 Å². The highest BCUT2D eigenvalue weighted by molar-refractivity contribution is 14.0. The predicted molar refractivity (Wildman–Crippen MR) is 119 cm³/mol. The summed E-state index contributed by atoms with van der Waals surface area (Å²) in [6.07, 6.45) is 1.53. The third kappa shape index (κ3) is 5.63.